The molecule has 0 saturated heterocycles. The van der Waals surface area contributed by atoms with Gasteiger partial charge in [-0.3, -0.25) is 4.79 Å². The highest BCUT2D eigenvalue weighted by atomic mass is 16.1. The first kappa shape index (κ1) is 12.3. The summed E-state index contributed by atoms with van der Waals surface area (Å²) in [6, 6.07) is 0. The minimum atomic E-state index is 0.279. The van der Waals surface area contributed by atoms with Crippen LogP contribution < -0.4 is 0 Å². The minimum absolute atomic E-state index is 0.279. The third-order valence-electron chi connectivity index (χ3n) is 3.87. The van der Waals surface area contributed by atoms with Gasteiger partial charge in [0.1, 0.15) is 11.6 Å². The van der Waals surface area contributed by atoms with Crippen LogP contribution in [0, 0.1) is 11.8 Å². The van der Waals surface area contributed by atoms with Gasteiger partial charge in [0.15, 0.2) is 0 Å². The van der Waals surface area contributed by atoms with Crippen molar-refractivity contribution in [3.63, 3.8) is 0 Å². The van der Waals surface area contributed by atoms with Gasteiger partial charge in [-0.05, 0) is 25.2 Å². The average Bonchev–Trinajstić information content (AvgIpc) is 2.89. The largest absolute Gasteiger partial charge is 0.335 e. The van der Waals surface area contributed by atoms with Gasteiger partial charge >= 0.3 is 0 Å². The highest BCUT2D eigenvalue weighted by Crippen LogP contribution is 2.32. The van der Waals surface area contributed by atoms with Crippen molar-refractivity contribution in [1.82, 2.24) is 9.55 Å². The number of nitrogens with zero attached hydrogens (tertiary/aromatic N) is 2. The quantitative estimate of drug-likeness (QED) is 0.785. The number of aryl methyl sites for hydroxylation is 1. The third-order valence-corrected chi connectivity index (χ3v) is 3.87. The number of hydrogen-bond acceptors (Lipinski definition) is 2. The summed E-state index contributed by atoms with van der Waals surface area (Å²) < 4.78 is 2.11. The second kappa shape index (κ2) is 5.48. The Hall–Kier alpha value is -1.12. The van der Waals surface area contributed by atoms with E-state index in [9.17, 15) is 4.79 Å². The van der Waals surface area contributed by atoms with Crippen LogP contribution in [0.15, 0.2) is 12.4 Å². The van der Waals surface area contributed by atoms with Crippen LogP contribution in [0.3, 0.4) is 0 Å². The van der Waals surface area contributed by atoms with E-state index in [1.54, 1.807) is 6.20 Å². The Morgan fingerprint density at radius 3 is 3.00 bits per heavy atom. The first-order valence-electron chi connectivity index (χ1n) is 6.75. The van der Waals surface area contributed by atoms with E-state index in [-0.39, 0.29) is 5.92 Å². The number of carbonyl (C=O) groups is 1. The molecule has 1 aromatic rings. The normalized spacial score (nSPS) is 24.1. The highest BCUT2D eigenvalue weighted by Gasteiger charge is 2.29. The van der Waals surface area contributed by atoms with Gasteiger partial charge in [0, 0.05) is 24.9 Å². The van der Waals surface area contributed by atoms with Gasteiger partial charge in [-0.1, -0.05) is 20.3 Å². The van der Waals surface area contributed by atoms with Gasteiger partial charge in [0.05, 0.1) is 6.42 Å². The van der Waals surface area contributed by atoms with Gasteiger partial charge in [-0.25, -0.2) is 4.98 Å². The lowest BCUT2D eigenvalue weighted by molar-refractivity contribution is -0.123. The van der Waals surface area contributed by atoms with Gasteiger partial charge < -0.3 is 4.57 Å². The molecule has 0 bridgehead atoms. The predicted octanol–water partition coefficient (Wildman–Crippen LogP) is 2.84. The fourth-order valence-electron chi connectivity index (χ4n) is 2.86. The summed E-state index contributed by atoms with van der Waals surface area (Å²) in [6.07, 6.45) is 8.87. The molecule has 0 radical (unpaired) electrons. The molecule has 1 aliphatic carbocycles. The number of hydrogen-bond donors (Lipinski definition) is 0. The van der Waals surface area contributed by atoms with E-state index >= 15 is 0 Å². The fourth-order valence-corrected chi connectivity index (χ4v) is 2.86. The van der Waals surface area contributed by atoms with E-state index in [1.165, 1.54) is 12.8 Å². The van der Waals surface area contributed by atoms with Gasteiger partial charge in [0.25, 0.3) is 0 Å². The molecule has 0 spiro atoms. The molecule has 3 nitrogen and oxygen atoms in total. The molecule has 17 heavy (non-hydrogen) atoms. The zero-order valence-corrected chi connectivity index (χ0v) is 10.9. The zero-order chi connectivity index (χ0) is 12.3. The smallest absolute Gasteiger partial charge is 0.143 e. The molecule has 0 amide bonds. The molecule has 0 N–H and O–H groups in total. The van der Waals surface area contributed by atoms with Crippen molar-refractivity contribution in [3.05, 3.63) is 18.2 Å². The number of Topliss-reactive ketones (excluding diaryl/α,β-unsaturated/α-hetero) is 1. The molecular weight excluding hydrogens is 212 g/mol. The van der Waals surface area contributed by atoms with Gasteiger partial charge in [-0.2, -0.15) is 0 Å². The third kappa shape index (κ3) is 2.76. The van der Waals surface area contributed by atoms with Crippen LogP contribution in [0.5, 0.6) is 0 Å². The molecule has 94 valence electrons. The lowest BCUT2D eigenvalue weighted by atomic mass is 9.92. The van der Waals surface area contributed by atoms with Crippen molar-refractivity contribution in [2.45, 2.75) is 52.5 Å². The van der Waals surface area contributed by atoms with Crippen LogP contribution in [0.1, 0.15) is 45.4 Å². The van der Waals surface area contributed by atoms with Crippen LogP contribution in [0.4, 0.5) is 0 Å². The zero-order valence-electron chi connectivity index (χ0n) is 10.9. The molecule has 1 saturated carbocycles. The molecule has 0 aromatic carbocycles. The summed E-state index contributed by atoms with van der Waals surface area (Å²) in [6.45, 7) is 5.31. The lowest BCUT2D eigenvalue weighted by Gasteiger charge is -2.14. The van der Waals surface area contributed by atoms with Crippen LogP contribution in [0.25, 0.3) is 0 Å². The number of aromatic nitrogens is 2. The van der Waals surface area contributed by atoms with E-state index in [0.717, 1.165) is 25.2 Å². The van der Waals surface area contributed by atoms with Crippen LogP contribution in [0.2, 0.25) is 0 Å². The Balaban J connectivity index is 2.00. The maximum absolute atomic E-state index is 12.2. The maximum atomic E-state index is 12.2. The van der Waals surface area contributed by atoms with Crippen molar-refractivity contribution in [2.75, 3.05) is 0 Å². The summed E-state index contributed by atoms with van der Waals surface area (Å²) in [7, 11) is 0. The fraction of sp³-hybridized carbons (Fsp3) is 0.714. The number of rotatable bonds is 5. The van der Waals surface area contributed by atoms with Crippen molar-refractivity contribution in [1.29, 1.82) is 0 Å². The van der Waals surface area contributed by atoms with Crippen molar-refractivity contribution in [2.24, 2.45) is 11.8 Å². The van der Waals surface area contributed by atoms with E-state index in [2.05, 4.69) is 23.4 Å². The summed E-state index contributed by atoms with van der Waals surface area (Å²) in [5, 5.41) is 0. The monoisotopic (exact) mass is 234 g/mol. The Bertz CT molecular complexity index is 383. The second-order valence-corrected chi connectivity index (χ2v) is 5.19. The van der Waals surface area contributed by atoms with E-state index in [4.69, 9.17) is 0 Å². The predicted molar refractivity (Wildman–Crippen MR) is 67.7 cm³/mol. The molecule has 3 heteroatoms. The summed E-state index contributed by atoms with van der Waals surface area (Å²) in [5.74, 6) is 2.17. The standard InChI is InChI=1S/C14H22N2O/c1-3-8-16-9-7-15-14(16)10-13(17)12-6-4-5-11(12)2/h7,9,11-12H,3-6,8,10H2,1-2H3. The van der Waals surface area contributed by atoms with Gasteiger partial charge in [0.2, 0.25) is 0 Å². The van der Waals surface area contributed by atoms with Crippen LogP contribution >= 0.6 is 0 Å². The molecular formula is C14H22N2O. The highest BCUT2D eigenvalue weighted by molar-refractivity contribution is 5.83. The Morgan fingerprint density at radius 2 is 2.35 bits per heavy atom. The topological polar surface area (TPSA) is 34.9 Å². The summed E-state index contributed by atoms with van der Waals surface area (Å²) >= 11 is 0. The van der Waals surface area contributed by atoms with Crippen molar-refractivity contribution < 1.29 is 4.79 Å². The van der Waals surface area contributed by atoms with E-state index < -0.39 is 0 Å². The summed E-state index contributed by atoms with van der Waals surface area (Å²) in [4.78, 5) is 16.5. The maximum Gasteiger partial charge on any atom is 0.143 e. The molecule has 1 aromatic heterocycles. The first-order valence-corrected chi connectivity index (χ1v) is 6.75. The average molecular weight is 234 g/mol. The van der Waals surface area contributed by atoms with Gasteiger partial charge in [-0.15, -0.1) is 0 Å². The molecule has 2 rings (SSSR count). The number of carbonyl (C=O) groups excluding carboxylic acids is 1. The lowest BCUT2D eigenvalue weighted by Crippen LogP contribution is -2.21. The molecule has 2 unspecified atom stereocenters. The molecule has 2 atom stereocenters. The van der Waals surface area contributed by atoms with Crippen LogP contribution in [-0.2, 0) is 17.8 Å². The summed E-state index contributed by atoms with van der Waals surface area (Å²) in [5.41, 5.74) is 0. The Labute approximate surface area is 103 Å². The SMILES string of the molecule is CCCn1ccnc1CC(=O)C1CCCC1C. The van der Waals surface area contributed by atoms with Crippen molar-refractivity contribution in [3.8, 4) is 0 Å². The van der Waals surface area contributed by atoms with E-state index in [1.807, 2.05) is 6.20 Å². The molecule has 1 fully saturated rings. The molecule has 1 aliphatic rings. The number of imidazole rings is 1. The molecule has 0 aliphatic heterocycles. The Morgan fingerprint density at radius 1 is 1.53 bits per heavy atom. The minimum Gasteiger partial charge on any atom is -0.335 e. The second-order valence-electron chi connectivity index (χ2n) is 5.19. The molecule has 1 heterocycles. The van der Waals surface area contributed by atoms with Crippen molar-refractivity contribution >= 4 is 5.78 Å². The first-order chi connectivity index (χ1) is 8.22. The Kier molecular flexibility index (Phi) is 3.97. The number of ketones is 1. The van der Waals surface area contributed by atoms with E-state index in [0.29, 0.717) is 18.1 Å². The van der Waals surface area contributed by atoms with Crippen LogP contribution in [-0.4, -0.2) is 15.3 Å².